The summed E-state index contributed by atoms with van der Waals surface area (Å²) in [5.74, 6) is -0.593. The fraction of sp³-hybridized carbons (Fsp3) is 0.0714. The highest BCUT2D eigenvalue weighted by Crippen LogP contribution is 2.38. The number of anilines is 1. The first-order valence-corrected chi connectivity index (χ1v) is 12.2. The van der Waals surface area contributed by atoms with Crippen LogP contribution in [0.15, 0.2) is 94.8 Å². The van der Waals surface area contributed by atoms with E-state index in [0.717, 1.165) is 34.0 Å². The van der Waals surface area contributed by atoms with Gasteiger partial charge in [0.1, 0.15) is 5.82 Å². The molecule has 5 rings (SSSR count). The summed E-state index contributed by atoms with van der Waals surface area (Å²) < 4.78 is 15.7. The number of carbonyl (C=O) groups is 1. The minimum atomic E-state index is -0.459. The van der Waals surface area contributed by atoms with Gasteiger partial charge in [-0.05, 0) is 85.8 Å². The quantitative estimate of drug-likeness (QED) is 0.269. The number of aromatic nitrogens is 1. The lowest BCUT2D eigenvalue weighted by Crippen LogP contribution is -2.28. The molecule has 4 aromatic rings. The van der Waals surface area contributed by atoms with Crippen LogP contribution in [0.4, 0.5) is 15.8 Å². The molecule has 3 aromatic carbocycles. The number of aryl methyl sites for hydroxylation is 1. The summed E-state index contributed by atoms with van der Waals surface area (Å²) in [4.78, 5) is 20.5. The molecule has 2 heterocycles. The summed E-state index contributed by atoms with van der Waals surface area (Å²) in [5.41, 5.74) is 5.06. The largest absolute Gasteiger partial charge is 0.318 e. The lowest BCUT2D eigenvalue weighted by atomic mass is 10.2. The average molecular weight is 502 g/mol. The third kappa shape index (κ3) is 4.55. The number of amides is 1. The van der Waals surface area contributed by atoms with Crippen molar-refractivity contribution in [3.05, 3.63) is 118 Å². The van der Waals surface area contributed by atoms with Crippen LogP contribution in [0, 0.1) is 19.7 Å². The second-order valence-corrected chi connectivity index (χ2v) is 9.49. The fourth-order valence-corrected chi connectivity index (χ4v) is 5.23. The van der Waals surface area contributed by atoms with Gasteiger partial charge in [-0.3, -0.25) is 9.69 Å². The SMILES string of the molecule is Cc1cc(/C=C2\SC(=Nc3ccccc3)N(c3ccccc3)C2=O)c(C)n1-c1ccc(F)c(Cl)c1. The van der Waals surface area contributed by atoms with Gasteiger partial charge in [0, 0.05) is 17.1 Å². The Bertz CT molecular complexity index is 1480. The van der Waals surface area contributed by atoms with Crippen LogP contribution in [0.5, 0.6) is 0 Å². The van der Waals surface area contributed by atoms with E-state index in [-0.39, 0.29) is 10.9 Å². The Morgan fingerprint density at radius 2 is 1.60 bits per heavy atom. The third-order valence-corrected chi connectivity index (χ3v) is 6.98. The van der Waals surface area contributed by atoms with E-state index in [9.17, 15) is 9.18 Å². The molecule has 1 fully saturated rings. The summed E-state index contributed by atoms with van der Waals surface area (Å²) in [6, 6.07) is 25.7. The fourth-order valence-electron chi connectivity index (χ4n) is 4.06. The Labute approximate surface area is 212 Å². The van der Waals surface area contributed by atoms with Crippen molar-refractivity contribution in [3.63, 3.8) is 0 Å². The van der Waals surface area contributed by atoms with Gasteiger partial charge in [0.15, 0.2) is 5.17 Å². The van der Waals surface area contributed by atoms with Gasteiger partial charge in [-0.2, -0.15) is 0 Å². The Balaban J connectivity index is 1.57. The van der Waals surface area contributed by atoms with Gasteiger partial charge in [-0.25, -0.2) is 9.38 Å². The highest BCUT2D eigenvalue weighted by molar-refractivity contribution is 8.19. The van der Waals surface area contributed by atoms with Crippen LogP contribution in [0.25, 0.3) is 11.8 Å². The lowest BCUT2D eigenvalue weighted by molar-refractivity contribution is -0.113. The molecular formula is C28H21ClFN3OS. The molecule has 0 N–H and O–H groups in total. The van der Waals surface area contributed by atoms with Crippen molar-refractivity contribution < 1.29 is 9.18 Å². The molecule has 1 aliphatic heterocycles. The van der Waals surface area contributed by atoms with Crippen molar-refractivity contribution in [2.75, 3.05) is 4.90 Å². The first kappa shape index (κ1) is 23.1. The molecule has 0 atom stereocenters. The molecule has 0 unspecified atom stereocenters. The topological polar surface area (TPSA) is 37.6 Å². The van der Waals surface area contributed by atoms with Crippen molar-refractivity contribution in [1.29, 1.82) is 0 Å². The average Bonchev–Trinajstić information content (AvgIpc) is 3.31. The highest BCUT2D eigenvalue weighted by Gasteiger charge is 2.35. The van der Waals surface area contributed by atoms with Gasteiger partial charge in [-0.1, -0.05) is 48.0 Å². The molecule has 1 amide bonds. The van der Waals surface area contributed by atoms with Gasteiger partial charge in [0.2, 0.25) is 0 Å². The van der Waals surface area contributed by atoms with Crippen molar-refractivity contribution >= 4 is 51.9 Å². The number of halogens is 2. The maximum atomic E-state index is 13.7. The molecule has 0 saturated carbocycles. The van der Waals surface area contributed by atoms with Crippen LogP contribution in [0.3, 0.4) is 0 Å². The van der Waals surface area contributed by atoms with E-state index in [1.807, 2.05) is 91.2 Å². The number of amidine groups is 1. The van der Waals surface area contributed by atoms with Gasteiger partial charge >= 0.3 is 0 Å². The number of benzene rings is 3. The lowest BCUT2D eigenvalue weighted by Gasteiger charge is -2.15. The van der Waals surface area contributed by atoms with Gasteiger partial charge < -0.3 is 4.57 Å². The second kappa shape index (κ2) is 9.56. The molecule has 1 aromatic heterocycles. The Hall–Kier alpha value is -3.61. The summed E-state index contributed by atoms with van der Waals surface area (Å²) >= 11 is 7.36. The van der Waals surface area contributed by atoms with Crippen LogP contribution >= 0.6 is 23.4 Å². The monoisotopic (exact) mass is 501 g/mol. The van der Waals surface area contributed by atoms with Crippen LogP contribution in [-0.2, 0) is 4.79 Å². The Morgan fingerprint density at radius 3 is 2.29 bits per heavy atom. The van der Waals surface area contributed by atoms with Crippen molar-refractivity contribution in [3.8, 4) is 5.69 Å². The number of aliphatic imine (C=N–C) groups is 1. The van der Waals surface area contributed by atoms with E-state index in [4.69, 9.17) is 16.6 Å². The minimum absolute atomic E-state index is 0.0664. The smallest absolute Gasteiger partial charge is 0.271 e. The zero-order valence-corrected chi connectivity index (χ0v) is 20.6. The van der Waals surface area contributed by atoms with Gasteiger partial charge in [0.05, 0.1) is 21.3 Å². The van der Waals surface area contributed by atoms with E-state index in [0.29, 0.717) is 10.1 Å². The second-order valence-electron chi connectivity index (χ2n) is 8.08. The van der Waals surface area contributed by atoms with Crippen LogP contribution < -0.4 is 4.90 Å². The number of para-hydroxylation sites is 2. The van der Waals surface area contributed by atoms with Gasteiger partial charge in [0.25, 0.3) is 5.91 Å². The van der Waals surface area contributed by atoms with Crippen molar-refractivity contribution in [1.82, 2.24) is 4.57 Å². The third-order valence-electron chi connectivity index (χ3n) is 5.72. The molecule has 1 aliphatic rings. The number of rotatable bonds is 4. The molecule has 0 bridgehead atoms. The predicted octanol–water partition coefficient (Wildman–Crippen LogP) is 7.70. The number of carbonyl (C=O) groups excluding carboxylic acids is 1. The summed E-state index contributed by atoms with van der Waals surface area (Å²) in [6.45, 7) is 3.93. The number of nitrogens with zero attached hydrogens (tertiary/aromatic N) is 3. The molecule has 0 radical (unpaired) electrons. The highest BCUT2D eigenvalue weighted by atomic mass is 35.5. The van der Waals surface area contributed by atoms with E-state index in [2.05, 4.69) is 0 Å². The van der Waals surface area contributed by atoms with E-state index >= 15 is 0 Å². The molecule has 0 spiro atoms. The maximum Gasteiger partial charge on any atom is 0.271 e. The van der Waals surface area contributed by atoms with Crippen molar-refractivity contribution in [2.24, 2.45) is 4.99 Å². The first-order valence-electron chi connectivity index (χ1n) is 11.0. The normalized spacial score (nSPS) is 16.0. The zero-order chi connectivity index (χ0) is 24.5. The zero-order valence-electron chi connectivity index (χ0n) is 19.1. The van der Waals surface area contributed by atoms with E-state index in [1.165, 1.54) is 17.8 Å². The summed E-state index contributed by atoms with van der Waals surface area (Å²) in [7, 11) is 0. The number of hydrogen-bond acceptors (Lipinski definition) is 3. The minimum Gasteiger partial charge on any atom is -0.318 e. The molecule has 7 heteroatoms. The van der Waals surface area contributed by atoms with Crippen LogP contribution in [-0.4, -0.2) is 15.6 Å². The standard InChI is InChI=1S/C28H21ClFN3OS/c1-18-15-20(19(2)32(18)23-13-14-25(30)24(29)17-23)16-26-27(34)33(22-11-7-4-8-12-22)28(35-26)31-21-9-5-3-6-10-21/h3-17H,1-2H3/b26-16-,31-28?. The molecule has 35 heavy (non-hydrogen) atoms. The van der Waals surface area contributed by atoms with E-state index in [1.54, 1.807) is 17.0 Å². The predicted molar refractivity (Wildman–Crippen MR) is 143 cm³/mol. The number of thioether (sulfide) groups is 1. The van der Waals surface area contributed by atoms with Crippen molar-refractivity contribution in [2.45, 2.75) is 13.8 Å². The Kier molecular flexibility index (Phi) is 6.32. The molecule has 1 saturated heterocycles. The number of hydrogen-bond donors (Lipinski definition) is 0. The molecular weight excluding hydrogens is 481 g/mol. The molecule has 0 aliphatic carbocycles. The van der Waals surface area contributed by atoms with Crippen LogP contribution in [0.2, 0.25) is 5.02 Å². The first-order chi connectivity index (χ1) is 16.9. The summed E-state index contributed by atoms with van der Waals surface area (Å²) in [6.07, 6.45) is 1.89. The van der Waals surface area contributed by atoms with Crippen LogP contribution in [0.1, 0.15) is 17.0 Å². The van der Waals surface area contributed by atoms with E-state index < -0.39 is 5.82 Å². The Morgan fingerprint density at radius 1 is 0.914 bits per heavy atom. The maximum absolute atomic E-state index is 13.7. The molecule has 4 nitrogen and oxygen atoms in total. The van der Waals surface area contributed by atoms with Gasteiger partial charge in [-0.15, -0.1) is 0 Å². The summed E-state index contributed by atoms with van der Waals surface area (Å²) in [5, 5.41) is 0.662. The molecule has 174 valence electrons.